The number of pyridine rings is 1. The number of carbonyl (C=O) groups is 2. The maximum atomic E-state index is 13.9. The third-order valence-electron chi connectivity index (χ3n) is 6.79. The van der Waals surface area contributed by atoms with Crippen molar-refractivity contribution in [2.75, 3.05) is 6.54 Å². The Hall–Kier alpha value is -3.26. The van der Waals surface area contributed by atoms with Gasteiger partial charge in [-0.15, -0.1) is 0 Å². The smallest absolute Gasteiger partial charge is 0.264 e. The fraction of sp³-hybridized carbons (Fsp3) is 0.269. The highest BCUT2D eigenvalue weighted by Crippen LogP contribution is 2.48. The normalized spacial score (nSPS) is 20.7. The predicted octanol–water partition coefficient (Wildman–Crippen LogP) is 2.72. The third kappa shape index (κ3) is 3.57. The number of benzene rings is 2. The molecule has 0 spiro atoms. The Kier molecular flexibility index (Phi) is 5.85. The lowest BCUT2D eigenvalue weighted by atomic mass is 9.90. The summed E-state index contributed by atoms with van der Waals surface area (Å²) in [6, 6.07) is 13.7. The van der Waals surface area contributed by atoms with Gasteiger partial charge in [-0.25, -0.2) is 0 Å². The molecule has 1 fully saturated rings. The summed E-state index contributed by atoms with van der Waals surface area (Å²) in [4.78, 5) is 32.7. The molecule has 0 saturated carbocycles. The summed E-state index contributed by atoms with van der Waals surface area (Å²) in [5.74, 6) is -0.758. The zero-order valence-electron chi connectivity index (χ0n) is 18.5. The average molecular weight is 477 g/mol. The number of likely N-dealkylation sites (tertiary alicyclic amines) is 1. The fourth-order valence-electron chi connectivity index (χ4n) is 5.08. The van der Waals surface area contributed by atoms with Crippen molar-refractivity contribution in [2.24, 2.45) is 5.73 Å². The summed E-state index contributed by atoms with van der Waals surface area (Å²) >= 11 is 6.11. The van der Waals surface area contributed by atoms with E-state index in [0.29, 0.717) is 42.1 Å². The number of amides is 2. The van der Waals surface area contributed by atoms with Gasteiger partial charge >= 0.3 is 0 Å². The summed E-state index contributed by atoms with van der Waals surface area (Å²) < 4.78 is 0. The van der Waals surface area contributed by atoms with E-state index in [0.717, 1.165) is 22.3 Å². The first-order valence-corrected chi connectivity index (χ1v) is 11.7. The summed E-state index contributed by atoms with van der Waals surface area (Å²) in [5, 5.41) is 15.3. The van der Waals surface area contributed by atoms with Crippen molar-refractivity contribution < 1.29 is 14.7 Å². The molecule has 1 aliphatic heterocycles. The number of hydrogen-bond acceptors (Lipinski definition) is 5. The molecule has 0 radical (unpaired) electrons. The maximum Gasteiger partial charge on any atom is 0.264 e. The number of nitrogens with two attached hydrogens (primary N) is 1. The van der Waals surface area contributed by atoms with E-state index >= 15 is 0 Å². The zero-order chi connectivity index (χ0) is 23.9. The Balaban J connectivity index is 1.41. The Morgan fingerprint density at radius 3 is 2.76 bits per heavy atom. The molecule has 174 valence electrons. The zero-order valence-corrected chi connectivity index (χ0v) is 19.3. The molecule has 2 heterocycles. The van der Waals surface area contributed by atoms with Crippen LogP contribution in [0.3, 0.4) is 0 Å². The number of fused-ring (bicyclic) bond motifs is 3. The van der Waals surface area contributed by atoms with Gasteiger partial charge in [0.05, 0.1) is 0 Å². The molecule has 2 amide bonds. The molecule has 0 unspecified atom stereocenters. The standard InChI is InChI=1S/C26H25ClN4O3/c27-18-8-7-16(13-28)17(12-18)14-30-24(32)23-6-3-11-31(23)25(33)26(34)21-5-2-1-4-19(21)20-15-29-10-9-22(20)26/h1-2,4-5,7-10,12,15,23,34H,3,6,11,13-14,28H2,(H,30,32)/t23-,26+/m0/s1. The molecular formula is C26H25ClN4O3. The van der Waals surface area contributed by atoms with E-state index in [1.807, 2.05) is 18.2 Å². The van der Waals surface area contributed by atoms with Gasteiger partial charge in [0, 0.05) is 53.7 Å². The molecule has 5 rings (SSSR count). The Morgan fingerprint density at radius 2 is 1.94 bits per heavy atom. The van der Waals surface area contributed by atoms with Crippen molar-refractivity contribution in [2.45, 2.75) is 37.6 Å². The number of rotatable bonds is 5. The van der Waals surface area contributed by atoms with Crippen molar-refractivity contribution >= 4 is 23.4 Å². The van der Waals surface area contributed by atoms with E-state index in [1.165, 1.54) is 4.90 Å². The van der Waals surface area contributed by atoms with Gasteiger partial charge in [0.2, 0.25) is 5.91 Å². The van der Waals surface area contributed by atoms with E-state index in [4.69, 9.17) is 17.3 Å². The second kappa shape index (κ2) is 8.83. The molecule has 0 bridgehead atoms. The second-order valence-electron chi connectivity index (χ2n) is 8.67. The topological polar surface area (TPSA) is 109 Å². The van der Waals surface area contributed by atoms with Gasteiger partial charge in [0.25, 0.3) is 5.91 Å². The van der Waals surface area contributed by atoms with Gasteiger partial charge in [0.15, 0.2) is 5.60 Å². The molecular weight excluding hydrogens is 452 g/mol. The molecule has 8 heteroatoms. The Morgan fingerprint density at radius 1 is 1.15 bits per heavy atom. The molecule has 1 aromatic heterocycles. The Bertz CT molecular complexity index is 1230. The quantitative estimate of drug-likeness (QED) is 0.524. The maximum absolute atomic E-state index is 13.9. The summed E-state index contributed by atoms with van der Waals surface area (Å²) in [6.07, 6.45) is 4.43. The third-order valence-corrected chi connectivity index (χ3v) is 7.02. The van der Waals surface area contributed by atoms with E-state index in [2.05, 4.69) is 10.3 Å². The lowest BCUT2D eigenvalue weighted by Crippen LogP contribution is -2.52. The molecule has 1 saturated heterocycles. The fourth-order valence-corrected chi connectivity index (χ4v) is 5.28. The minimum Gasteiger partial charge on any atom is -0.372 e. The molecule has 2 atom stereocenters. The van der Waals surface area contributed by atoms with Crippen LogP contribution < -0.4 is 11.1 Å². The lowest BCUT2D eigenvalue weighted by Gasteiger charge is -2.32. The largest absolute Gasteiger partial charge is 0.372 e. The van der Waals surface area contributed by atoms with Crippen LogP contribution in [0.1, 0.15) is 35.1 Å². The molecule has 2 aliphatic rings. The lowest BCUT2D eigenvalue weighted by molar-refractivity contribution is -0.151. The molecule has 7 nitrogen and oxygen atoms in total. The number of halogens is 1. The molecule has 3 aromatic rings. The van der Waals surface area contributed by atoms with E-state index in [-0.39, 0.29) is 12.5 Å². The van der Waals surface area contributed by atoms with Crippen molar-refractivity contribution in [1.29, 1.82) is 0 Å². The minimum atomic E-state index is -1.86. The number of hydrogen-bond donors (Lipinski definition) is 3. The van der Waals surface area contributed by atoms with Crippen molar-refractivity contribution in [3.05, 3.63) is 88.2 Å². The number of carbonyl (C=O) groups excluding carboxylic acids is 2. The first-order chi connectivity index (χ1) is 16.4. The average Bonchev–Trinajstić information content (AvgIpc) is 3.45. The first-order valence-electron chi connectivity index (χ1n) is 11.3. The van der Waals surface area contributed by atoms with Crippen LogP contribution in [-0.2, 0) is 28.3 Å². The predicted molar refractivity (Wildman–Crippen MR) is 129 cm³/mol. The van der Waals surface area contributed by atoms with E-state index in [1.54, 1.807) is 42.7 Å². The highest BCUT2D eigenvalue weighted by atomic mass is 35.5. The molecule has 4 N–H and O–H groups in total. The van der Waals surface area contributed by atoms with Crippen molar-refractivity contribution in [1.82, 2.24) is 15.2 Å². The highest BCUT2D eigenvalue weighted by molar-refractivity contribution is 6.30. The number of nitrogens with one attached hydrogen (secondary N) is 1. The number of nitrogens with zero attached hydrogens (tertiary/aromatic N) is 2. The molecule has 34 heavy (non-hydrogen) atoms. The van der Waals surface area contributed by atoms with Crippen LogP contribution in [0.2, 0.25) is 5.02 Å². The van der Waals surface area contributed by atoms with Crippen LogP contribution in [0, 0.1) is 0 Å². The van der Waals surface area contributed by atoms with Crippen LogP contribution in [-0.4, -0.2) is 39.4 Å². The van der Waals surface area contributed by atoms with E-state index < -0.39 is 17.6 Å². The van der Waals surface area contributed by atoms with Gasteiger partial charge in [-0.2, -0.15) is 0 Å². The highest BCUT2D eigenvalue weighted by Gasteiger charge is 2.52. The molecule has 2 aromatic carbocycles. The summed E-state index contributed by atoms with van der Waals surface area (Å²) in [7, 11) is 0. The summed E-state index contributed by atoms with van der Waals surface area (Å²) in [6.45, 7) is 0.982. The number of aliphatic hydroxyl groups is 1. The van der Waals surface area contributed by atoms with Gasteiger partial charge in [-0.05, 0) is 47.7 Å². The van der Waals surface area contributed by atoms with Gasteiger partial charge < -0.3 is 21.1 Å². The minimum absolute atomic E-state index is 0.256. The van der Waals surface area contributed by atoms with Crippen molar-refractivity contribution in [3.63, 3.8) is 0 Å². The SMILES string of the molecule is NCc1ccc(Cl)cc1CNC(=O)[C@@H]1CCCN1C(=O)[C@@]1(O)c2ccccc2-c2cnccc21. The second-order valence-corrected chi connectivity index (χ2v) is 9.11. The monoisotopic (exact) mass is 476 g/mol. The van der Waals surface area contributed by atoms with Crippen LogP contribution >= 0.6 is 11.6 Å². The van der Waals surface area contributed by atoms with Crippen LogP contribution in [0.5, 0.6) is 0 Å². The van der Waals surface area contributed by atoms with Crippen LogP contribution in [0.4, 0.5) is 0 Å². The van der Waals surface area contributed by atoms with Gasteiger partial charge in [-0.1, -0.05) is 41.9 Å². The van der Waals surface area contributed by atoms with Crippen LogP contribution in [0.25, 0.3) is 11.1 Å². The van der Waals surface area contributed by atoms with Crippen molar-refractivity contribution in [3.8, 4) is 11.1 Å². The summed E-state index contributed by atoms with van der Waals surface area (Å²) in [5.41, 5.74) is 8.19. The van der Waals surface area contributed by atoms with E-state index in [9.17, 15) is 14.7 Å². The molecule has 1 aliphatic carbocycles. The number of aromatic nitrogens is 1. The van der Waals surface area contributed by atoms with Gasteiger partial charge in [-0.3, -0.25) is 14.6 Å². The van der Waals surface area contributed by atoms with Crippen LogP contribution in [0.15, 0.2) is 60.9 Å². The first kappa shape index (κ1) is 22.5. The van der Waals surface area contributed by atoms with Gasteiger partial charge in [0.1, 0.15) is 6.04 Å². The Labute approximate surface area is 202 Å².